The molecule has 0 spiro atoms. The van der Waals surface area contributed by atoms with Crippen molar-refractivity contribution in [3.8, 4) is 5.75 Å². The topological polar surface area (TPSA) is 80.6 Å². The Bertz CT molecular complexity index is 644. The lowest BCUT2D eigenvalue weighted by molar-refractivity contribution is -0.123. The van der Waals surface area contributed by atoms with Gasteiger partial charge in [0.1, 0.15) is 5.75 Å². The maximum Gasteiger partial charge on any atom is 0.305 e. The molecule has 1 aromatic heterocycles. The quantitative estimate of drug-likeness (QED) is 0.749. The summed E-state index contributed by atoms with van der Waals surface area (Å²) in [5.74, 6) is -0.416. The molecule has 0 aliphatic carbocycles. The van der Waals surface area contributed by atoms with Crippen LogP contribution in [0.4, 0.5) is 0 Å². The molecule has 0 unspecified atom stereocenters. The molecule has 0 saturated heterocycles. The smallest absolute Gasteiger partial charge is 0.305 e. The van der Waals surface area contributed by atoms with Gasteiger partial charge in [-0.1, -0.05) is 15.9 Å². The predicted molar refractivity (Wildman–Crippen MR) is 81.7 cm³/mol. The number of furan rings is 1. The van der Waals surface area contributed by atoms with Gasteiger partial charge >= 0.3 is 5.91 Å². The summed E-state index contributed by atoms with van der Waals surface area (Å²) in [5, 5.41) is 0. The maximum atomic E-state index is 11.6. The Kier molecular flexibility index (Phi) is 5.40. The minimum absolute atomic E-state index is 0.104. The molecule has 8 heteroatoms. The molecular formula is C13H10Br2N2O4. The zero-order valence-electron chi connectivity index (χ0n) is 10.6. The average Bonchev–Trinajstić information content (AvgIpc) is 2.98. The van der Waals surface area contributed by atoms with Crippen LogP contribution in [-0.2, 0) is 4.79 Å². The average molecular weight is 418 g/mol. The van der Waals surface area contributed by atoms with Gasteiger partial charge in [-0.25, -0.2) is 0 Å². The minimum Gasteiger partial charge on any atom is -0.483 e. The standard InChI is InChI=1S/C13H10Br2N2O4/c14-8-3-4-10(9(15)6-8)21-7-12(18)16-17-13(19)11-2-1-5-20-11/h1-6H,7H2,(H,16,18)(H,17,19). The third-order valence-electron chi connectivity index (χ3n) is 2.31. The van der Waals surface area contributed by atoms with Gasteiger partial charge in [-0.05, 0) is 46.3 Å². The highest BCUT2D eigenvalue weighted by Gasteiger charge is 2.10. The minimum atomic E-state index is -0.543. The van der Waals surface area contributed by atoms with Gasteiger partial charge in [0, 0.05) is 4.47 Å². The van der Waals surface area contributed by atoms with Crippen LogP contribution in [0, 0.1) is 0 Å². The highest BCUT2D eigenvalue weighted by Crippen LogP contribution is 2.27. The van der Waals surface area contributed by atoms with Crippen LogP contribution in [0.5, 0.6) is 5.75 Å². The number of halogens is 2. The number of amides is 2. The van der Waals surface area contributed by atoms with Crippen molar-refractivity contribution in [2.45, 2.75) is 0 Å². The third-order valence-corrected chi connectivity index (χ3v) is 3.43. The van der Waals surface area contributed by atoms with Gasteiger partial charge < -0.3 is 9.15 Å². The zero-order chi connectivity index (χ0) is 15.2. The summed E-state index contributed by atoms with van der Waals surface area (Å²) in [4.78, 5) is 23.1. The fourth-order valence-corrected chi connectivity index (χ4v) is 2.53. The monoisotopic (exact) mass is 416 g/mol. The number of carbonyl (C=O) groups is 2. The Morgan fingerprint density at radius 2 is 2.00 bits per heavy atom. The van der Waals surface area contributed by atoms with E-state index in [1.165, 1.54) is 12.3 Å². The lowest BCUT2D eigenvalue weighted by atomic mass is 10.3. The van der Waals surface area contributed by atoms with Crippen molar-refractivity contribution in [2.24, 2.45) is 0 Å². The molecule has 2 aromatic rings. The van der Waals surface area contributed by atoms with Crippen molar-refractivity contribution < 1.29 is 18.7 Å². The molecule has 0 radical (unpaired) electrons. The molecule has 2 rings (SSSR count). The van der Waals surface area contributed by atoms with Gasteiger partial charge in [0.15, 0.2) is 12.4 Å². The molecule has 0 atom stereocenters. The first kappa shape index (κ1) is 15.6. The fraction of sp³-hybridized carbons (Fsp3) is 0.0769. The summed E-state index contributed by atoms with van der Waals surface area (Å²) in [6.45, 7) is -0.237. The summed E-state index contributed by atoms with van der Waals surface area (Å²) < 4.78 is 11.8. The molecule has 1 aromatic carbocycles. The van der Waals surface area contributed by atoms with Gasteiger partial charge in [-0.15, -0.1) is 0 Å². The molecule has 1 heterocycles. The lowest BCUT2D eigenvalue weighted by Gasteiger charge is -2.09. The summed E-state index contributed by atoms with van der Waals surface area (Å²) in [6.07, 6.45) is 1.37. The molecule has 0 fully saturated rings. The van der Waals surface area contributed by atoms with Gasteiger partial charge in [-0.3, -0.25) is 20.4 Å². The maximum absolute atomic E-state index is 11.6. The van der Waals surface area contributed by atoms with E-state index in [-0.39, 0.29) is 12.4 Å². The van der Waals surface area contributed by atoms with E-state index in [0.29, 0.717) is 10.2 Å². The number of hydrogen-bond donors (Lipinski definition) is 2. The van der Waals surface area contributed by atoms with Gasteiger partial charge in [0.2, 0.25) is 0 Å². The van der Waals surface area contributed by atoms with E-state index in [2.05, 4.69) is 42.7 Å². The Labute approximate surface area is 137 Å². The first-order valence-electron chi connectivity index (χ1n) is 5.77. The summed E-state index contributed by atoms with van der Waals surface area (Å²) in [6, 6.07) is 8.35. The predicted octanol–water partition coefficient (Wildman–Crippen LogP) is 2.64. The first-order valence-corrected chi connectivity index (χ1v) is 7.35. The normalized spacial score (nSPS) is 10.0. The largest absolute Gasteiger partial charge is 0.483 e. The van der Waals surface area contributed by atoms with E-state index in [9.17, 15) is 9.59 Å². The Balaban J connectivity index is 1.78. The number of hydrazine groups is 1. The molecule has 2 amide bonds. The highest BCUT2D eigenvalue weighted by atomic mass is 79.9. The van der Waals surface area contributed by atoms with Gasteiger partial charge in [0.25, 0.3) is 5.91 Å². The SMILES string of the molecule is O=C(COc1ccc(Br)cc1Br)NNC(=O)c1ccco1. The number of benzene rings is 1. The second-order valence-electron chi connectivity index (χ2n) is 3.84. The van der Waals surface area contributed by atoms with Crippen molar-refractivity contribution in [3.05, 3.63) is 51.3 Å². The molecule has 2 N–H and O–H groups in total. The van der Waals surface area contributed by atoms with Crippen molar-refractivity contribution in [2.75, 3.05) is 6.61 Å². The molecule has 21 heavy (non-hydrogen) atoms. The summed E-state index contributed by atoms with van der Waals surface area (Å²) >= 11 is 6.63. The van der Waals surface area contributed by atoms with Crippen LogP contribution in [-0.4, -0.2) is 18.4 Å². The van der Waals surface area contributed by atoms with E-state index in [1.807, 2.05) is 0 Å². The van der Waals surface area contributed by atoms with Gasteiger partial charge in [-0.2, -0.15) is 0 Å². The Hall–Kier alpha value is -1.80. The van der Waals surface area contributed by atoms with Crippen molar-refractivity contribution in [1.82, 2.24) is 10.9 Å². The van der Waals surface area contributed by atoms with Crippen LogP contribution in [0.2, 0.25) is 0 Å². The van der Waals surface area contributed by atoms with E-state index >= 15 is 0 Å². The molecule has 0 aliphatic heterocycles. The van der Waals surface area contributed by atoms with Crippen molar-refractivity contribution in [3.63, 3.8) is 0 Å². The fourth-order valence-electron chi connectivity index (χ4n) is 1.37. The Morgan fingerprint density at radius 3 is 2.67 bits per heavy atom. The van der Waals surface area contributed by atoms with Gasteiger partial charge in [0.05, 0.1) is 10.7 Å². The van der Waals surface area contributed by atoms with Crippen molar-refractivity contribution in [1.29, 1.82) is 0 Å². The molecule has 110 valence electrons. The van der Waals surface area contributed by atoms with Crippen molar-refractivity contribution >= 4 is 43.7 Å². The van der Waals surface area contributed by atoms with Crippen LogP contribution in [0.1, 0.15) is 10.6 Å². The number of ether oxygens (including phenoxy) is 1. The second kappa shape index (κ2) is 7.28. The molecule has 6 nitrogen and oxygen atoms in total. The summed E-state index contributed by atoms with van der Waals surface area (Å²) in [5.41, 5.74) is 4.44. The third kappa shape index (κ3) is 4.61. The van der Waals surface area contributed by atoms with E-state index < -0.39 is 11.8 Å². The highest BCUT2D eigenvalue weighted by molar-refractivity contribution is 9.11. The molecule has 0 saturated carbocycles. The van der Waals surface area contributed by atoms with Crippen LogP contribution >= 0.6 is 31.9 Å². The number of rotatable bonds is 4. The molecular weight excluding hydrogens is 408 g/mol. The van der Waals surface area contributed by atoms with E-state index in [1.54, 1.807) is 24.3 Å². The molecule has 0 aliphatic rings. The molecule has 0 bridgehead atoms. The van der Waals surface area contributed by atoms with Crippen LogP contribution < -0.4 is 15.6 Å². The van der Waals surface area contributed by atoms with E-state index in [4.69, 9.17) is 9.15 Å². The van der Waals surface area contributed by atoms with E-state index in [0.717, 1.165) is 4.47 Å². The number of hydrogen-bond acceptors (Lipinski definition) is 4. The van der Waals surface area contributed by atoms with Crippen LogP contribution in [0.3, 0.4) is 0 Å². The number of carbonyl (C=O) groups excluding carboxylic acids is 2. The Morgan fingerprint density at radius 1 is 1.19 bits per heavy atom. The first-order chi connectivity index (χ1) is 10.1. The van der Waals surface area contributed by atoms with Crippen LogP contribution in [0.25, 0.3) is 0 Å². The second-order valence-corrected chi connectivity index (χ2v) is 5.61. The zero-order valence-corrected chi connectivity index (χ0v) is 13.7. The van der Waals surface area contributed by atoms with Crippen LogP contribution in [0.15, 0.2) is 50.0 Å². The summed E-state index contributed by atoms with van der Waals surface area (Å²) in [7, 11) is 0. The lowest BCUT2D eigenvalue weighted by Crippen LogP contribution is -2.43. The number of nitrogens with one attached hydrogen (secondary N) is 2.